The van der Waals surface area contributed by atoms with Crippen molar-refractivity contribution in [3.05, 3.63) is 42.1 Å². The van der Waals surface area contributed by atoms with E-state index in [1.807, 2.05) is 30.3 Å². The number of esters is 1. The van der Waals surface area contributed by atoms with E-state index in [4.69, 9.17) is 4.74 Å². The average Bonchev–Trinajstić information content (AvgIpc) is 2.47. The van der Waals surface area contributed by atoms with Gasteiger partial charge in [0.25, 0.3) is 0 Å². The van der Waals surface area contributed by atoms with Gasteiger partial charge < -0.3 is 4.74 Å². The fraction of sp³-hybridized carbons (Fsp3) is 0.375. The van der Waals surface area contributed by atoms with Gasteiger partial charge >= 0.3 is 5.97 Å². The Morgan fingerprint density at radius 2 is 2.21 bits per heavy atom. The van der Waals surface area contributed by atoms with Gasteiger partial charge in [0, 0.05) is 11.6 Å². The van der Waals surface area contributed by atoms with Gasteiger partial charge in [-0.3, -0.25) is 9.78 Å². The van der Waals surface area contributed by atoms with E-state index in [2.05, 4.69) is 11.9 Å². The smallest absolute Gasteiger partial charge is 0.313 e. The Kier molecular flexibility index (Phi) is 4.50. The molecule has 0 aliphatic heterocycles. The lowest BCUT2D eigenvalue weighted by atomic mass is 9.93. The zero-order valence-corrected chi connectivity index (χ0v) is 11.4. The highest BCUT2D eigenvalue weighted by molar-refractivity contribution is 5.83. The fourth-order valence-electron chi connectivity index (χ4n) is 2.27. The molecular formula is C16H19NO2. The van der Waals surface area contributed by atoms with Crippen LogP contribution in [0.3, 0.4) is 0 Å². The second kappa shape index (κ2) is 6.32. The van der Waals surface area contributed by atoms with Crippen molar-refractivity contribution < 1.29 is 9.53 Å². The molecule has 3 nitrogen and oxygen atoms in total. The molecule has 0 spiro atoms. The fourth-order valence-corrected chi connectivity index (χ4v) is 2.27. The number of methoxy groups -OCH3 is 1. The molecule has 0 aliphatic carbocycles. The van der Waals surface area contributed by atoms with Crippen LogP contribution in [0.1, 0.15) is 37.7 Å². The second-order valence-electron chi connectivity index (χ2n) is 4.67. The van der Waals surface area contributed by atoms with E-state index < -0.39 is 0 Å². The van der Waals surface area contributed by atoms with Crippen molar-refractivity contribution in [3.8, 4) is 0 Å². The maximum Gasteiger partial charge on any atom is 0.313 e. The minimum Gasteiger partial charge on any atom is -0.469 e. The molecule has 19 heavy (non-hydrogen) atoms. The van der Waals surface area contributed by atoms with Gasteiger partial charge in [-0.15, -0.1) is 0 Å². The van der Waals surface area contributed by atoms with Crippen LogP contribution >= 0.6 is 0 Å². The molecule has 0 radical (unpaired) electrons. The molecule has 1 aromatic heterocycles. The van der Waals surface area contributed by atoms with E-state index in [-0.39, 0.29) is 11.9 Å². The molecule has 100 valence electrons. The molecule has 1 unspecified atom stereocenters. The highest BCUT2D eigenvalue weighted by atomic mass is 16.5. The zero-order valence-electron chi connectivity index (χ0n) is 11.4. The Hall–Kier alpha value is -1.90. The minimum absolute atomic E-state index is 0.163. The number of pyridine rings is 1. The summed E-state index contributed by atoms with van der Waals surface area (Å²) in [6, 6.07) is 9.94. The van der Waals surface area contributed by atoms with Crippen LogP contribution in [-0.4, -0.2) is 18.1 Å². The van der Waals surface area contributed by atoms with Gasteiger partial charge in [-0.05, 0) is 24.1 Å². The Morgan fingerprint density at radius 1 is 1.37 bits per heavy atom. The average molecular weight is 257 g/mol. The molecule has 0 aliphatic rings. The maximum absolute atomic E-state index is 11.9. The SMILES string of the molecule is CCCCC(C(=O)OC)c1ccc2cccnc2c1. The number of hydrogen-bond acceptors (Lipinski definition) is 3. The molecule has 1 aromatic carbocycles. The number of benzene rings is 1. The van der Waals surface area contributed by atoms with Crippen molar-refractivity contribution in [1.29, 1.82) is 0 Å². The first-order valence-corrected chi connectivity index (χ1v) is 6.68. The molecule has 0 amide bonds. The van der Waals surface area contributed by atoms with Crippen LogP contribution < -0.4 is 0 Å². The maximum atomic E-state index is 11.9. The van der Waals surface area contributed by atoms with E-state index in [9.17, 15) is 4.79 Å². The van der Waals surface area contributed by atoms with Crippen molar-refractivity contribution in [2.24, 2.45) is 0 Å². The summed E-state index contributed by atoms with van der Waals surface area (Å²) < 4.78 is 4.92. The first-order chi connectivity index (χ1) is 9.26. The summed E-state index contributed by atoms with van der Waals surface area (Å²) in [5, 5.41) is 1.09. The Morgan fingerprint density at radius 3 is 2.95 bits per heavy atom. The third kappa shape index (κ3) is 3.11. The van der Waals surface area contributed by atoms with Gasteiger partial charge in [0.15, 0.2) is 0 Å². The molecular weight excluding hydrogens is 238 g/mol. The minimum atomic E-state index is -0.184. The summed E-state index contributed by atoms with van der Waals surface area (Å²) in [5.41, 5.74) is 1.91. The van der Waals surface area contributed by atoms with Crippen molar-refractivity contribution in [2.45, 2.75) is 32.1 Å². The molecule has 2 rings (SSSR count). The van der Waals surface area contributed by atoms with Crippen LogP contribution in [0.5, 0.6) is 0 Å². The van der Waals surface area contributed by atoms with Gasteiger partial charge in [-0.1, -0.05) is 38.0 Å². The number of hydrogen-bond donors (Lipinski definition) is 0. The quantitative estimate of drug-likeness (QED) is 0.767. The number of carbonyl (C=O) groups is 1. The van der Waals surface area contributed by atoms with E-state index in [1.165, 1.54) is 7.11 Å². The van der Waals surface area contributed by atoms with Crippen LogP contribution in [0.15, 0.2) is 36.5 Å². The summed E-state index contributed by atoms with van der Waals surface area (Å²) >= 11 is 0. The van der Waals surface area contributed by atoms with Crippen LogP contribution in [0.25, 0.3) is 10.9 Å². The number of ether oxygens (including phenoxy) is 1. The molecule has 0 fully saturated rings. The zero-order chi connectivity index (χ0) is 13.7. The normalized spacial score (nSPS) is 12.3. The number of unbranched alkanes of at least 4 members (excludes halogenated alkanes) is 1. The molecule has 0 bridgehead atoms. The summed E-state index contributed by atoms with van der Waals surface area (Å²) in [4.78, 5) is 16.2. The molecule has 1 atom stereocenters. The second-order valence-corrected chi connectivity index (χ2v) is 4.67. The van der Waals surface area contributed by atoms with Crippen molar-refractivity contribution in [3.63, 3.8) is 0 Å². The summed E-state index contributed by atoms with van der Waals surface area (Å²) in [6.07, 6.45) is 4.67. The molecule has 2 aromatic rings. The number of carbonyl (C=O) groups excluding carboxylic acids is 1. The standard InChI is InChI=1S/C16H19NO2/c1-3-4-7-14(16(18)19-2)13-9-8-12-6-5-10-17-15(12)11-13/h5-6,8-11,14H,3-4,7H2,1-2H3. The number of aromatic nitrogens is 1. The van der Waals surface area contributed by atoms with Gasteiger partial charge in [0.1, 0.15) is 0 Å². The molecule has 3 heteroatoms. The first kappa shape index (κ1) is 13.5. The van der Waals surface area contributed by atoms with Gasteiger partial charge in [-0.2, -0.15) is 0 Å². The van der Waals surface area contributed by atoms with E-state index in [0.29, 0.717) is 0 Å². The Balaban J connectivity index is 2.34. The van der Waals surface area contributed by atoms with Gasteiger partial charge in [-0.25, -0.2) is 0 Å². The van der Waals surface area contributed by atoms with Gasteiger partial charge in [0.05, 0.1) is 18.5 Å². The lowest BCUT2D eigenvalue weighted by Gasteiger charge is -2.15. The van der Waals surface area contributed by atoms with E-state index in [1.54, 1.807) is 6.20 Å². The summed E-state index contributed by atoms with van der Waals surface area (Å²) in [6.45, 7) is 2.12. The van der Waals surface area contributed by atoms with Crippen molar-refractivity contribution in [2.75, 3.05) is 7.11 Å². The Bertz CT molecular complexity index is 565. The van der Waals surface area contributed by atoms with E-state index >= 15 is 0 Å². The molecule has 0 saturated heterocycles. The number of fused-ring (bicyclic) bond motifs is 1. The molecule has 0 N–H and O–H groups in total. The van der Waals surface area contributed by atoms with Crippen LogP contribution in [-0.2, 0) is 9.53 Å². The topological polar surface area (TPSA) is 39.2 Å². The van der Waals surface area contributed by atoms with Crippen molar-refractivity contribution in [1.82, 2.24) is 4.98 Å². The summed E-state index contributed by atoms with van der Waals surface area (Å²) in [7, 11) is 1.45. The highest BCUT2D eigenvalue weighted by Gasteiger charge is 2.21. The lowest BCUT2D eigenvalue weighted by Crippen LogP contribution is -2.14. The highest BCUT2D eigenvalue weighted by Crippen LogP contribution is 2.26. The molecule has 0 saturated carbocycles. The lowest BCUT2D eigenvalue weighted by molar-refractivity contribution is -0.142. The van der Waals surface area contributed by atoms with Crippen LogP contribution in [0, 0.1) is 0 Å². The summed E-state index contributed by atoms with van der Waals surface area (Å²) in [5.74, 6) is -0.347. The molecule has 1 heterocycles. The number of rotatable bonds is 5. The van der Waals surface area contributed by atoms with Crippen molar-refractivity contribution >= 4 is 16.9 Å². The third-order valence-electron chi connectivity index (χ3n) is 3.36. The largest absolute Gasteiger partial charge is 0.469 e. The van der Waals surface area contributed by atoms with Gasteiger partial charge in [0.2, 0.25) is 0 Å². The monoisotopic (exact) mass is 257 g/mol. The van der Waals surface area contributed by atoms with Crippen LogP contribution in [0.4, 0.5) is 0 Å². The van der Waals surface area contributed by atoms with Crippen LogP contribution in [0.2, 0.25) is 0 Å². The van der Waals surface area contributed by atoms with E-state index in [0.717, 1.165) is 35.7 Å². The Labute approximate surface area is 113 Å². The predicted molar refractivity (Wildman–Crippen MR) is 76.0 cm³/mol. The third-order valence-corrected chi connectivity index (χ3v) is 3.36. The number of nitrogens with zero attached hydrogens (tertiary/aromatic N) is 1. The first-order valence-electron chi connectivity index (χ1n) is 6.68. The predicted octanol–water partition coefficient (Wildman–Crippen LogP) is 3.68.